The van der Waals surface area contributed by atoms with Crippen LogP contribution in [0.25, 0.3) is 0 Å². The van der Waals surface area contributed by atoms with Crippen LogP contribution in [0, 0.1) is 5.92 Å². The molecule has 1 aromatic carbocycles. The molecule has 2 rings (SSSR count). The molecule has 0 saturated carbocycles. The monoisotopic (exact) mass is 319 g/mol. The molecule has 0 aromatic heterocycles. The zero-order valence-corrected chi connectivity index (χ0v) is 13.4. The molecule has 6 heteroatoms. The van der Waals surface area contributed by atoms with Crippen LogP contribution in [0.4, 0.5) is 0 Å². The number of carbonyl (C=O) groups excluding carboxylic acids is 1. The molecule has 0 unspecified atom stereocenters. The first-order chi connectivity index (χ1) is 10.3. The summed E-state index contributed by atoms with van der Waals surface area (Å²) in [5.41, 5.74) is 1.48. The third kappa shape index (κ3) is 3.51. The number of rotatable bonds is 4. The van der Waals surface area contributed by atoms with Gasteiger partial charge in [-0.25, -0.2) is 0 Å². The van der Waals surface area contributed by atoms with Crippen molar-refractivity contribution in [2.24, 2.45) is 11.1 Å². The summed E-state index contributed by atoms with van der Waals surface area (Å²) in [7, 11) is -3.96. The van der Waals surface area contributed by atoms with Gasteiger partial charge in [-0.05, 0) is 42.7 Å². The molecule has 5 nitrogen and oxygen atoms in total. The molecule has 0 saturated heterocycles. The largest absolute Gasteiger partial charge is 0.358 e. The van der Waals surface area contributed by atoms with Crippen LogP contribution in [-0.4, -0.2) is 19.9 Å². The molecule has 1 aliphatic carbocycles. The van der Waals surface area contributed by atoms with Crippen molar-refractivity contribution in [1.82, 2.24) is 0 Å². The summed E-state index contributed by atoms with van der Waals surface area (Å²) in [5, 5.41) is 3.71. The van der Waals surface area contributed by atoms with E-state index in [0.717, 1.165) is 0 Å². The Morgan fingerprint density at radius 3 is 2.32 bits per heavy atom. The number of ketones is 1. The van der Waals surface area contributed by atoms with E-state index in [1.54, 1.807) is 31.2 Å². The number of hydrogen-bond acceptors (Lipinski definition) is 5. The molecule has 0 heterocycles. The summed E-state index contributed by atoms with van der Waals surface area (Å²) < 4.78 is 28.8. The standard InChI is InChI=1S/C16H17NO4S/c1-11(2)14-10-15(12(3)9-16(14)18)17-21-22(19,20)13-7-5-4-6-8-13/h4-11H,1-3H3/b17-15+. The lowest BCUT2D eigenvalue weighted by Gasteiger charge is -2.14. The average Bonchev–Trinajstić information content (AvgIpc) is 2.47. The summed E-state index contributed by atoms with van der Waals surface area (Å²) >= 11 is 0. The van der Waals surface area contributed by atoms with Gasteiger partial charge >= 0.3 is 10.1 Å². The molecule has 0 atom stereocenters. The van der Waals surface area contributed by atoms with Crippen molar-refractivity contribution >= 4 is 21.6 Å². The topological polar surface area (TPSA) is 72.8 Å². The molecule has 0 fully saturated rings. The fraction of sp³-hybridized carbons (Fsp3) is 0.250. The molecule has 0 radical (unpaired) electrons. The van der Waals surface area contributed by atoms with Gasteiger partial charge in [0.1, 0.15) is 10.6 Å². The van der Waals surface area contributed by atoms with Gasteiger partial charge in [0, 0.05) is 5.57 Å². The fourth-order valence-electron chi connectivity index (χ4n) is 1.96. The summed E-state index contributed by atoms with van der Waals surface area (Å²) in [6.45, 7) is 5.46. The van der Waals surface area contributed by atoms with Gasteiger partial charge in [0.25, 0.3) is 0 Å². The van der Waals surface area contributed by atoms with Crippen molar-refractivity contribution in [3.63, 3.8) is 0 Å². The first-order valence-electron chi connectivity index (χ1n) is 6.82. The quantitative estimate of drug-likeness (QED) is 0.632. The van der Waals surface area contributed by atoms with E-state index in [2.05, 4.69) is 5.16 Å². The maximum absolute atomic E-state index is 12.0. The molecule has 0 aliphatic heterocycles. The smallest absolute Gasteiger partial charge is 0.290 e. The molecule has 116 valence electrons. The Labute approximate surface area is 130 Å². The zero-order chi connectivity index (χ0) is 16.3. The second kappa shape index (κ2) is 6.27. The Morgan fingerprint density at radius 1 is 1.09 bits per heavy atom. The van der Waals surface area contributed by atoms with Crippen LogP contribution in [0.1, 0.15) is 20.8 Å². The third-order valence-corrected chi connectivity index (χ3v) is 4.34. The Morgan fingerprint density at radius 2 is 1.73 bits per heavy atom. The van der Waals surface area contributed by atoms with E-state index in [1.165, 1.54) is 18.2 Å². The lowest BCUT2D eigenvalue weighted by Crippen LogP contribution is -2.16. The molecule has 0 bridgehead atoms. The van der Waals surface area contributed by atoms with Gasteiger partial charge in [-0.1, -0.05) is 37.2 Å². The van der Waals surface area contributed by atoms with Gasteiger partial charge in [-0.2, -0.15) is 8.42 Å². The molecule has 0 N–H and O–H groups in total. The number of allylic oxidation sites excluding steroid dienone is 4. The van der Waals surface area contributed by atoms with Crippen molar-refractivity contribution in [2.45, 2.75) is 25.7 Å². The van der Waals surface area contributed by atoms with E-state index in [0.29, 0.717) is 16.9 Å². The number of oxime groups is 1. The van der Waals surface area contributed by atoms with Crippen LogP contribution in [0.3, 0.4) is 0 Å². The van der Waals surface area contributed by atoms with Gasteiger partial charge in [0.2, 0.25) is 0 Å². The second-order valence-electron chi connectivity index (χ2n) is 5.26. The molecule has 0 spiro atoms. The minimum absolute atomic E-state index is 0.0211. The Kier molecular flexibility index (Phi) is 4.61. The van der Waals surface area contributed by atoms with Crippen molar-refractivity contribution in [2.75, 3.05) is 0 Å². The predicted octanol–water partition coefficient (Wildman–Crippen LogP) is 2.86. The van der Waals surface area contributed by atoms with Crippen molar-refractivity contribution in [1.29, 1.82) is 0 Å². The highest BCUT2D eigenvalue weighted by Gasteiger charge is 2.21. The van der Waals surface area contributed by atoms with Gasteiger partial charge in [-0.3, -0.25) is 9.08 Å². The zero-order valence-electron chi connectivity index (χ0n) is 12.6. The van der Waals surface area contributed by atoms with Gasteiger partial charge in [-0.15, -0.1) is 0 Å². The van der Waals surface area contributed by atoms with E-state index >= 15 is 0 Å². The third-order valence-electron chi connectivity index (χ3n) is 3.22. The SMILES string of the molecule is CC1=CC(=O)C(C(C)C)=C/C1=N\OS(=O)(=O)c1ccccc1. The van der Waals surface area contributed by atoms with Crippen LogP contribution in [0.2, 0.25) is 0 Å². The number of hydrogen-bond donors (Lipinski definition) is 0. The maximum Gasteiger partial charge on any atom is 0.358 e. The fourth-order valence-corrected chi connectivity index (χ4v) is 2.71. The number of nitrogens with zero attached hydrogens (tertiary/aromatic N) is 1. The van der Waals surface area contributed by atoms with Crippen LogP contribution in [0.15, 0.2) is 63.7 Å². The van der Waals surface area contributed by atoms with Crippen molar-refractivity contribution in [3.8, 4) is 0 Å². The van der Waals surface area contributed by atoms with E-state index in [1.807, 2.05) is 13.8 Å². The lowest BCUT2D eigenvalue weighted by atomic mass is 9.90. The lowest BCUT2D eigenvalue weighted by molar-refractivity contribution is -0.111. The molecular formula is C16H17NO4S. The number of carbonyl (C=O) groups is 1. The van der Waals surface area contributed by atoms with Crippen molar-refractivity contribution in [3.05, 3.63) is 53.6 Å². The highest BCUT2D eigenvalue weighted by atomic mass is 32.2. The second-order valence-corrected chi connectivity index (χ2v) is 6.79. The maximum atomic E-state index is 12.0. The van der Waals surface area contributed by atoms with E-state index in [9.17, 15) is 13.2 Å². The minimum atomic E-state index is -3.96. The molecule has 1 aromatic rings. The van der Waals surface area contributed by atoms with Gasteiger partial charge in [0.05, 0.1) is 0 Å². The molecular weight excluding hydrogens is 302 g/mol. The number of benzene rings is 1. The Balaban J connectivity index is 2.30. The summed E-state index contributed by atoms with van der Waals surface area (Å²) in [6, 6.07) is 7.77. The van der Waals surface area contributed by atoms with E-state index in [4.69, 9.17) is 4.28 Å². The average molecular weight is 319 g/mol. The summed E-state index contributed by atoms with van der Waals surface area (Å²) in [5.74, 6) is -0.0647. The van der Waals surface area contributed by atoms with Crippen LogP contribution >= 0.6 is 0 Å². The summed E-state index contributed by atoms with van der Waals surface area (Å²) in [4.78, 5) is 11.9. The predicted molar refractivity (Wildman–Crippen MR) is 83.8 cm³/mol. The summed E-state index contributed by atoms with van der Waals surface area (Å²) in [6.07, 6.45) is 3.01. The molecule has 1 aliphatic rings. The highest BCUT2D eigenvalue weighted by Crippen LogP contribution is 2.20. The highest BCUT2D eigenvalue weighted by molar-refractivity contribution is 7.86. The van der Waals surface area contributed by atoms with Crippen LogP contribution in [0.5, 0.6) is 0 Å². The first kappa shape index (κ1) is 16.2. The molecule has 0 amide bonds. The van der Waals surface area contributed by atoms with E-state index in [-0.39, 0.29) is 16.6 Å². The Bertz CT molecular complexity index is 772. The van der Waals surface area contributed by atoms with Crippen molar-refractivity contribution < 1.29 is 17.5 Å². The Hall–Kier alpha value is -2.21. The van der Waals surface area contributed by atoms with Gasteiger partial charge in [0.15, 0.2) is 5.78 Å². The van der Waals surface area contributed by atoms with Crippen LogP contribution in [-0.2, 0) is 19.2 Å². The normalized spacial score (nSPS) is 17.5. The van der Waals surface area contributed by atoms with E-state index < -0.39 is 10.1 Å². The molecule has 22 heavy (non-hydrogen) atoms. The van der Waals surface area contributed by atoms with Gasteiger partial charge < -0.3 is 0 Å². The minimum Gasteiger partial charge on any atom is -0.290 e. The van der Waals surface area contributed by atoms with Crippen LogP contribution < -0.4 is 0 Å². The first-order valence-corrected chi connectivity index (χ1v) is 8.23.